The summed E-state index contributed by atoms with van der Waals surface area (Å²) in [7, 11) is 0. The van der Waals surface area contributed by atoms with Gasteiger partial charge in [0.2, 0.25) is 5.91 Å². The maximum atomic E-state index is 11.7. The number of carbonyl (C=O) groups excluding carboxylic acids is 1. The van der Waals surface area contributed by atoms with Crippen LogP contribution in [0.4, 0.5) is 0 Å². The number of rotatable bonds is 4. The lowest BCUT2D eigenvalue weighted by atomic mass is 10.1. The molecule has 1 saturated carbocycles. The Bertz CT molecular complexity index is 1130. The summed E-state index contributed by atoms with van der Waals surface area (Å²) in [6, 6.07) is 11.9. The number of nitrogens with zero attached hydrogens (tertiary/aromatic N) is 4. The first kappa shape index (κ1) is 14.9. The van der Waals surface area contributed by atoms with E-state index in [2.05, 4.69) is 21.2 Å². The van der Waals surface area contributed by atoms with Crippen LogP contribution in [0, 0.1) is 0 Å². The minimum absolute atomic E-state index is 0.268. The third-order valence-corrected chi connectivity index (χ3v) is 6.66. The Balaban J connectivity index is 1.51. The van der Waals surface area contributed by atoms with E-state index in [1.54, 1.807) is 23.1 Å². The number of hydrogen-bond donors (Lipinski definition) is 1. The van der Waals surface area contributed by atoms with Crippen molar-refractivity contribution < 1.29 is 4.79 Å². The molecule has 1 aromatic carbocycles. The van der Waals surface area contributed by atoms with Gasteiger partial charge in [-0.2, -0.15) is 0 Å². The second-order valence-corrected chi connectivity index (χ2v) is 8.18. The van der Waals surface area contributed by atoms with Gasteiger partial charge in [0.25, 0.3) is 0 Å². The molecule has 3 aromatic heterocycles. The minimum Gasteiger partial charge on any atom is -0.369 e. The molecule has 0 spiro atoms. The lowest BCUT2D eigenvalue weighted by molar-refractivity contribution is -0.120. The third-order valence-electron chi connectivity index (χ3n) is 4.48. The Kier molecular flexibility index (Phi) is 3.13. The van der Waals surface area contributed by atoms with Gasteiger partial charge in [-0.1, -0.05) is 6.07 Å². The van der Waals surface area contributed by atoms with Gasteiger partial charge in [0.05, 0.1) is 10.2 Å². The highest BCUT2D eigenvalue weighted by Gasteiger charge is 2.52. The van der Waals surface area contributed by atoms with E-state index in [1.165, 1.54) is 0 Å². The molecule has 0 aliphatic heterocycles. The van der Waals surface area contributed by atoms with Crippen molar-refractivity contribution in [2.75, 3.05) is 0 Å². The van der Waals surface area contributed by atoms with E-state index in [0.29, 0.717) is 0 Å². The van der Waals surface area contributed by atoms with Crippen LogP contribution in [0.2, 0.25) is 0 Å². The van der Waals surface area contributed by atoms with Crippen LogP contribution in [0.5, 0.6) is 0 Å². The van der Waals surface area contributed by atoms with Gasteiger partial charge < -0.3 is 5.73 Å². The Labute approximate surface area is 151 Å². The molecule has 0 unspecified atom stereocenters. The number of benzene rings is 1. The summed E-state index contributed by atoms with van der Waals surface area (Å²) in [6.45, 7) is 0. The van der Waals surface area contributed by atoms with Gasteiger partial charge in [-0.3, -0.25) is 9.20 Å². The zero-order valence-electron chi connectivity index (χ0n) is 13.0. The Morgan fingerprint density at radius 3 is 2.92 bits per heavy atom. The zero-order valence-corrected chi connectivity index (χ0v) is 14.7. The van der Waals surface area contributed by atoms with Crippen LogP contribution >= 0.6 is 23.1 Å². The molecule has 0 saturated heterocycles. The molecule has 1 fully saturated rings. The molecule has 4 aromatic rings. The second kappa shape index (κ2) is 5.27. The summed E-state index contributed by atoms with van der Waals surface area (Å²) in [5, 5.41) is 10.1. The summed E-state index contributed by atoms with van der Waals surface area (Å²) >= 11 is 3.11. The standard InChI is InChI=1S/C17H13N5OS2/c18-14(23)17(6-7-17)15-19-11-5-4-10(9-12(11)25-15)24-16-21-20-13-3-1-2-8-22(13)16/h1-5,8-9H,6-7H2,(H2,18,23). The topological polar surface area (TPSA) is 86.2 Å². The fourth-order valence-electron chi connectivity index (χ4n) is 2.86. The molecule has 2 N–H and O–H groups in total. The highest BCUT2D eigenvalue weighted by atomic mass is 32.2. The van der Waals surface area contributed by atoms with Crippen molar-refractivity contribution in [3.05, 3.63) is 47.6 Å². The number of fused-ring (bicyclic) bond motifs is 2. The molecular formula is C17H13N5OS2. The summed E-state index contributed by atoms with van der Waals surface area (Å²) in [5.41, 5.74) is 6.77. The first-order valence-electron chi connectivity index (χ1n) is 7.84. The predicted octanol–water partition coefficient (Wildman–Crippen LogP) is 3.01. The number of nitrogens with two attached hydrogens (primary N) is 1. The molecule has 8 heteroatoms. The van der Waals surface area contributed by atoms with Crippen LogP contribution in [-0.2, 0) is 10.2 Å². The van der Waals surface area contributed by atoms with Crippen molar-refractivity contribution in [2.45, 2.75) is 28.3 Å². The zero-order chi connectivity index (χ0) is 17.0. The lowest BCUT2D eigenvalue weighted by Crippen LogP contribution is -2.28. The van der Waals surface area contributed by atoms with E-state index < -0.39 is 5.41 Å². The molecule has 1 aliphatic rings. The van der Waals surface area contributed by atoms with Gasteiger partial charge in [0, 0.05) is 11.1 Å². The van der Waals surface area contributed by atoms with Crippen molar-refractivity contribution in [3.8, 4) is 0 Å². The Hall–Kier alpha value is -2.45. The lowest BCUT2D eigenvalue weighted by Gasteiger charge is -2.04. The molecule has 0 radical (unpaired) electrons. The summed E-state index contributed by atoms with van der Waals surface area (Å²) in [5.74, 6) is -0.268. The van der Waals surface area contributed by atoms with Gasteiger partial charge >= 0.3 is 0 Å². The number of amides is 1. The van der Waals surface area contributed by atoms with Crippen LogP contribution in [0.25, 0.3) is 15.9 Å². The number of primary amides is 1. The Morgan fingerprint density at radius 2 is 2.12 bits per heavy atom. The average Bonchev–Trinajstić information content (AvgIpc) is 3.18. The fourth-order valence-corrected chi connectivity index (χ4v) is 5.05. The number of carbonyl (C=O) groups is 1. The molecular weight excluding hydrogens is 354 g/mol. The molecule has 1 amide bonds. The molecule has 1 aliphatic carbocycles. The molecule has 124 valence electrons. The maximum absolute atomic E-state index is 11.7. The quantitative estimate of drug-likeness (QED) is 0.599. The predicted molar refractivity (Wildman–Crippen MR) is 96.8 cm³/mol. The van der Waals surface area contributed by atoms with Crippen molar-refractivity contribution in [2.24, 2.45) is 5.73 Å². The average molecular weight is 367 g/mol. The highest BCUT2D eigenvalue weighted by Crippen LogP contribution is 2.50. The molecule has 3 heterocycles. The third kappa shape index (κ3) is 2.32. The second-order valence-electron chi connectivity index (χ2n) is 6.11. The number of pyridine rings is 1. The first-order valence-corrected chi connectivity index (χ1v) is 9.48. The van der Waals surface area contributed by atoms with Crippen LogP contribution in [0.15, 0.2) is 52.6 Å². The largest absolute Gasteiger partial charge is 0.369 e. The van der Waals surface area contributed by atoms with Crippen LogP contribution in [0.1, 0.15) is 17.8 Å². The fraction of sp³-hybridized carbons (Fsp3) is 0.176. The van der Waals surface area contributed by atoms with E-state index in [-0.39, 0.29) is 5.91 Å². The number of aromatic nitrogens is 4. The minimum atomic E-state index is -0.528. The Morgan fingerprint density at radius 1 is 1.24 bits per heavy atom. The molecule has 25 heavy (non-hydrogen) atoms. The van der Waals surface area contributed by atoms with E-state index in [4.69, 9.17) is 5.73 Å². The summed E-state index contributed by atoms with van der Waals surface area (Å²) < 4.78 is 3.01. The van der Waals surface area contributed by atoms with Crippen LogP contribution in [0.3, 0.4) is 0 Å². The smallest absolute Gasteiger partial charge is 0.230 e. The van der Waals surface area contributed by atoms with Gasteiger partial charge in [-0.05, 0) is 54.9 Å². The van der Waals surface area contributed by atoms with Crippen LogP contribution < -0.4 is 5.73 Å². The van der Waals surface area contributed by atoms with Gasteiger partial charge in [-0.25, -0.2) is 4.98 Å². The van der Waals surface area contributed by atoms with Crippen molar-refractivity contribution in [1.82, 2.24) is 19.6 Å². The number of hydrogen-bond acceptors (Lipinski definition) is 6. The number of thiazole rings is 1. The van der Waals surface area contributed by atoms with E-state index in [0.717, 1.165) is 43.8 Å². The van der Waals surface area contributed by atoms with Crippen molar-refractivity contribution >= 4 is 44.9 Å². The summed E-state index contributed by atoms with van der Waals surface area (Å²) in [4.78, 5) is 17.4. The molecule has 5 rings (SSSR count). The highest BCUT2D eigenvalue weighted by molar-refractivity contribution is 7.99. The SMILES string of the molecule is NC(=O)C1(c2nc3ccc(Sc4nnc5ccccn45)cc3s2)CC1. The van der Waals surface area contributed by atoms with Crippen molar-refractivity contribution in [1.29, 1.82) is 0 Å². The van der Waals surface area contributed by atoms with Gasteiger partial charge in [-0.15, -0.1) is 21.5 Å². The van der Waals surface area contributed by atoms with Gasteiger partial charge in [0.1, 0.15) is 10.4 Å². The van der Waals surface area contributed by atoms with Crippen molar-refractivity contribution in [3.63, 3.8) is 0 Å². The molecule has 0 bridgehead atoms. The summed E-state index contributed by atoms with van der Waals surface area (Å²) in [6.07, 6.45) is 3.55. The normalized spacial score (nSPS) is 15.7. The first-order chi connectivity index (χ1) is 12.2. The van der Waals surface area contributed by atoms with E-state index in [1.807, 2.05) is 40.9 Å². The van der Waals surface area contributed by atoms with E-state index >= 15 is 0 Å². The van der Waals surface area contributed by atoms with E-state index in [9.17, 15) is 4.79 Å². The molecule has 0 atom stereocenters. The van der Waals surface area contributed by atoms with Crippen LogP contribution in [-0.4, -0.2) is 25.5 Å². The molecule has 6 nitrogen and oxygen atoms in total. The maximum Gasteiger partial charge on any atom is 0.230 e. The monoisotopic (exact) mass is 367 g/mol. The van der Waals surface area contributed by atoms with Gasteiger partial charge in [0.15, 0.2) is 10.8 Å².